The number of likely N-dealkylation sites (tertiary alicyclic amines) is 1. The average Bonchev–Trinajstić information content (AvgIpc) is 2.81. The Labute approximate surface area is 102 Å². The normalized spacial score (nSPS) is 16.1. The van der Waals surface area contributed by atoms with E-state index >= 15 is 0 Å². The van der Waals surface area contributed by atoms with Crippen molar-refractivity contribution < 1.29 is 0 Å². The van der Waals surface area contributed by atoms with E-state index < -0.39 is 0 Å². The minimum absolute atomic E-state index is 0.640. The predicted molar refractivity (Wildman–Crippen MR) is 68.7 cm³/mol. The van der Waals surface area contributed by atoms with Gasteiger partial charge in [0.15, 0.2) is 0 Å². The lowest BCUT2D eigenvalue weighted by Gasteiger charge is -2.15. The van der Waals surface area contributed by atoms with Crippen molar-refractivity contribution in [2.75, 3.05) is 36.9 Å². The van der Waals surface area contributed by atoms with Crippen LogP contribution in [0.15, 0.2) is 6.07 Å². The molecule has 2 rings (SSSR count). The SMILES string of the molecule is Cc1nc(NN)cc(NCCN2CCCC2)n1. The molecule has 0 unspecified atom stereocenters. The first-order chi connectivity index (χ1) is 8.28. The van der Waals surface area contributed by atoms with E-state index in [9.17, 15) is 0 Å². The van der Waals surface area contributed by atoms with Crippen LogP contribution in [0.25, 0.3) is 0 Å². The van der Waals surface area contributed by atoms with Crippen LogP contribution in [0.3, 0.4) is 0 Å². The summed E-state index contributed by atoms with van der Waals surface area (Å²) in [6, 6.07) is 1.82. The Morgan fingerprint density at radius 1 is 1.29 bits per heavy atom. The standard InChI is InChI=1S/C11H20N6/c1-9-14-10(8-11(15-9)16-12)13-4-7-17-5-2-3-6-17/h8H,2-7,12H2,1H3,(H2,13,14,15,16). The van der Waals surface area contributed by atoms with Crippen molar-refractivity contribution in [2.24, 2.45) is 5.84 Å². The summed E-state index contributed by atoms with van der Waals surface area (Å²) in [4.78, 5) is 10.9. The Morgan fingerprint density at radius 3 is 2.71 bits per heavy atom. The maximum Gasteiger partial charge on any atom is 0.145 e. The third-order valence-corrected chi connectivity index (χ3v) is 2.92. The number of anilines is 2. The number of nitrogens with zero attached hydrogens (tertiary/aromatic N) is 3. The zero-order valence-electron chi connectivity index (χ0n) is 10.2. The second-order valence-corrected chi connectivity index (χ2v) is 4.31. The third kappa shape index (κ3) is 3.54. The van der Waals surface area contributed by atoms with Gasteiger partial charge in [0.05, 0.1) is 0 Å². The Morgan fingerprint density at radius 2 is 2.00 bits per heavy atom. The lowest BCUT2D eigenvalue weighted by Crippen LogP contribution is -2.26. The van der Waals surface area contributed by atoms with Crippen LogP contribution in [0.1, 0.15) is 18.7 Å². The average molecular weight is 236 g/mol. The lowest BCUT2D eigenvalue weighted by molar-refractivity contribution is 0.352. The molecule has 0 amide bonds. The van der Waals surface area contributed by atoms with Gasteiger partial charge in [-0.25, -0.2) is 15.8 Å². The molecule has 4 N–H and O–H groups in total. The monoisotopic (exact) mass is 236 g/mol. The number of hydrogen-bond acceptors (Lipinski definition) is 6. The molecule has 0 aliphatic carbocycles. The molecule has 1 fully saturated rings. The molecule has 0 saturated carbocycles. The largest absolute Gasteiger partial charge is 0.369 e. The van der Waals surface area contributed by atoms with Crippen LogP contribution in [0, 0.1) is 6.92 Å². The number of nitrogens with two attached hydrogens (primary N) is 1. The van der Waals surface area contributed by atoms with E-state index in [2.05, 4.69) is 25.6 Å². The summed E-state index contributed by atoms with van der Waals surface area (Å²) in [6.07, 6.45) is 2.65. The summed E-state index contributed by atoms with van der Waals surface area (Å²) in [7, 11) is 0. The molecule has 1 aromatic rings. The summed E-state index contributed by atoms with van der Waals surface area (Å²) < 4.78 is 0. The van der Waals surface area contributed by atoms with Crippen molar-refractivity contribution in [1.29, 1.82) is 0 Å². The topological polar surface area (TPSA) is 79.1 Å². The van der Waals surface area contributed by atoms with Gasteiger partial charge in [-0.3, -0.25) is 0 Å². The molecule has 0 atom stereocenters. The summed E-state index contributed by atoms with van der Waals surface area (Å²) in [5.74, 6) is 7.52. The van der Waals surface area contributed by atoms with E-state index in [4.69, 9.17) is 5.84 Å². The first-order valence-corrected chi connectivity index (χ1v) is 6.06. The molecule has 1 aliphatic heterocycles. The van der Waals surface area contributed by atoms with Crippen molar-refractivity contribution in [1.82, 2.24) is 14.9 Å². The second kappa shape index (κ2) is 5.79. The molecule has 2 heterocycles. The van der Waals surface area contributed by atoms with Crippen molar-refractivity contribution in [3.63, 3.8) is 0 Å². The minimum atomic E-state index is 0.640. The maximum absolute atomic E-state index is 5.34. The fraction of sp³-hybridized carbons (Fsp3) is 0.636. The van der Waals surface area contributed by atoms with E-state index in [-0.39, 0.29) is 0 Å². The molecule has 94 valence electrons. The fourth-order valence-corrected chi connectivity index (χ4v) is 2.08. The summed E-state index contributed by atoms with van der Waals surface area (Å²) in [5.41, 5.74) is 2.54. The molecule has 17 heavy (non-hydrogen) atoms. The molecule has 1 aromatic heterocycles. The molecule has 0 bridgehead atoms. The Hall–Kier alpha value is -1.40. The zero-order chi connectivity index (χ0) is 12.1. The molecular formula is C11H20N6. The number of nitrogens with one attached hydrogen (secondary N) is 2. The van der Waals surface area contributed by atoms with Gasteiger partial charge in [-0.1, -0.05) is 0 Å². The van der Waals surface area contributed by atoms with Crippen LogP contribution in [0.4, 0.5) is 11.6 Å². The summed E-state index contributed by atoms with van der Waals surface area (Å²) in [5, 5.41) is 3.30. The molecule has 0 spiro atoms. The highest BCUT2D eigenvalue weighted by molar-refractivity contribution is 5.46. The van der Waals surface area contributed by atoms with Gasteiger partial charge in [-0.2, -0.15) is 0 Å². The Bertz CT molecular complexity index is 361. The predicted octanol–water partition coefficient (Wildman–Crippen LogP) is 0.578. The molecule has 1 saturated heterocycles. The van der Waals surface area contributed by atoms with Gasteiger partial charge in [0, 0.05) is 19.2 Å². The van der Waals surface area contributed by atoms with Gasteiger partial charge < -0.3 is 15.6 Å². The van der Waals surface area contributed by atoms with Gasteiger partial charge in [-0.15, -0.1) is 0 Å². The van der Waals surface area contributed by atoms with Gasteiger partial charge >= 0.3 is 0 Å². The first kappa shape index (κ1) is 12.1. The van der Waals surface area contributed by atoms with Crippen molar-refractivity contribution in [3.8, 4) is 0 Å². The molecule has 6 heteroatoms. The molecular weight excluding hydrogens is 216 g/mol. The minimum Gasteiger partial charge on any atom is -0.369 e. The highest BCUT2D eigenvalue weighted by Crippen LogP contribution is 2.10. The van der Waals surface area contributed by atoms with Crippen LogP contribution >= 0.6 is 0 Å². The molecule has 0 aromatic carbocycles. The summed E-state index contributed by atoms with van der Waals surface area (Å²) in [6.45, 7) is 6.27. The highest BCUT2D eigenvalue weighted by atomic mass is 15.3. The molecule has 1 aliphatic rings. The number of hydrogen-bond donors (Lipinski definition) is 3. The zero-order valence-corrected chi connectivity index (χ0v) is 10.2. The van der Waals surface area contributed by atoms with Crippen LogP contribution in [-0.2, 0) is 0 Å². The summed E-state index contributed by atoms with van der Waals surface area (Å²) >= 11 is 0. The van der Waals surface area contributed by atoms with E-state index in [1.807, 2.05) is 13.0 Å². The third-order valence-electron chi connectivity index (χ3n) is 2.92. The highest BCUT2D eigenvalue weighted by Gasteiger charge is 2.10. The smallest absolute Gasteiger partial charge is 0.145 e. The van der Waals surface area contributed by atoms with Crippen LogP contribution in [-0.4, -0.2) is 41.0 Å². The number of rotatable bonds is 5. The van der Waals surface area contributed by atoms with Crippen LogP contribution < -0.4 is 16.6 Å². The fourth-order valence-electron chi connectivity index (χ4n) is 2.08. The number of aromatic nitrogens is 2. The Balaban J connectivity index is 1.83. The van der Waals surface area contributed by atoms with Gasteiger partial charge in [0.1, 0.15) is 17.5 Å². The molecule has 0 radical (unpaired) electrons. The lowest BCUT2D eigenvalue weighted by atomic mass is 10.4. The van der Waals surface area contributed by atoms with Gasteiger partial charge in [0.25, 0.3) is 0 Å². The second-order valence-electron chi connectivity index (χ2n) is 4.31. The van der Waals surface area contributed by atoms with Crippen molar-refractivity contribution >= 4 is 11.6 Å². The van der Waals surface area contributed by atoms with E-state index in [1.165, 1.54) is 25.9 Å². The van der Waals surface area contributed by atoms with Crippen molar-refractivity contribution in [2.45, 2.75) is 19.8 Å². The number of aryl methyl sites for hydroxylation is 1. The van der Waals surface area contributed by atoms with Gasteiger partial charge in [-0.05, 0) is 32.9 Å². The quantitative estimate of drug-likeness (QED) is 0.512. The van der Waals surface area contributed by atoms with E-state index in [0.717, 1.165) is 18.9 Å². The Kier molecular flexibility index (Phi) is 4.11. The van der Waals surface area contributed by atoms with E-state index in [1.54, 1.807) is 0 Å². The first-order valence-electron chi connectivity index (χ1n) is 6.06. The number of nitrogen functional groups attached to an aromatic ring is 1. The van der Waals surface area contributed by atoms with E-state index in [0.29, 0.717) is 11.6 Å². The maximum atomic E-state index is 5.34. The van der Waals surface area contributed by atoms with Crippen LogP contribution in [0.5, 0.6) is 0 Å². The van der Waals surface area contributed by atoms with Crippen LogP contribution in [0.2, 0.25) is 0 Å². The molecule has 6 nitrogen and oxygen atoms in total. The van der Waals surface area contributed by atoms with Gasteiger partial charge in [0.2, 0.25) is 0 Å². The van der Waals surface area contributed by atoms with Crippen molar-refractivity contribution in [3.05, 3.63) is 11.9 Å². The number of hydrazine groups is 1.